The van der Waals surface area contributed by atoms with E-state index in [-0.39, 0.29) is 17.6 Å². The molecule has 0 saturated heterocycles. The highest BCUT2D eigenvalue weighted by Gasteiger charge is 2.36. The smallest absolute Gasteiger partial charge is 0.171 e. The van der Waals surface area contributed by atoms with Crippen molar-refractivity contribution < 1.29 is 4.79 Å². The summed E-state index contributed by atoms with van der Waals surface area (Å²) in [7, 11) is 0. The van der Waals surface area contributed by atoms with E-state index in [1.165, 1.54) is 0 Å². The fourth-order valence-electron chi connectivity index (χ4n) is 2.57. The van der Waals surface area contributed by atoms with Crippen LogP contribution in [0, 0.1) is 11.8 Å². The second-order valence-corrected chi connectivity index (χ2v) is 4.95. The highest BCUT2D eigenvalue weighted by Crippen LogP contribution is 2.42. The molecule has 1 aromatic carbocycles. The minimum absolute atomic E-state index is 0.0647. The first-order valence-electron chi connectivity index (χ1n) is 5.60. The van der Waals surface area contributed by atoms with Crippen LogP contribution in [0.5, 0.6) is 0 Å². The van der Waals surface area contributed by atoms with Gasteiger partial charge in [-0.1, -0.05) is 49.1 Å². The van der Waals surface area contributed by atoms with Crippen LogP contribution >= 0.6 is 12.6 Å². The largest absolute Gasteiger partial charge is 0.293 e. The van der Waals surface area contributed by atoms with Crippen LogP contribution < -0.4 is 0 Å². The number of rotatable bonds is 0. The molecule has 0 fully saturated rings. The Hall–Kier alpha value is -1.54. The predicted molar refractivity (Wildman–Crippen MR) is 73.0 cm³/mol. The molecule has 1 nitrogen and oxygen atoms in total. The highest BCUT2D eigenvalue weighted by molar-refractivity contribution is 7.84. The molecule has 2 aliphatic rings. The number of Topliss-reactive ketones (excluding diaryl/α,β-unsaturated/α-hetero) is 1. The Kier molecular flexibility index (Phi) is 2.33. The fraction of sp³-hybridized carbons (Fsp3) is 0.133. The van der Waals surface area contributed by atoms with Crippen molar-refractivity contribution in [2.45, 2.75) is 0 Å². The van der Waals surface area contributed by atoms with E-state index < -0.39 is 0 Å². The SMILES string of the molecule is C=C1c2ccccc2C(=O)C2C=CC(S)=CC12. The number of fused-ring (bicyclic) bond motifs is 2. The Morgan fingerprint density at radius 2 is 1.82 bits per heavy atom. The molecule has 0 aliphatic heterocycles. The van der Waals surface area contributed by atoms with E-state index in [2.05, 4.69) is 19.2 Å². The predicted octanol–water partition coefficient (Wildman–Crippen LogP) is 3.51. The van der Waals surface area contributed by atoms with Crippen LogP contribution in [-0.2, 0) is 0 Å². The van der Waals surface area contributed by atoms with Crippen LogP contribution in [0.4, 0.5) is 0 Å². The van der Waals surface area contributed by atoms with Crippen LogP contribution in [0.3, 0.4) is 0 Å². The van der Waals surface area contributed by atoms with Crippen molar-refractivity contribution in [3.8, 4) is 0 Å². The molecular weight excluding hydrogens is 228 g/mol. The zero-order valence-electron chi connectivity index (χ0n) is 9.26. The molecule has 0 N–H and O–H groups in total. The molecular formula is C15H12OS. The Bertz CT molecular complexity index is 580. The van der Waals surface area contributed by atoms with Gasteiger partial charge >= 0.3 is 0 Å². The molecule has 2 unspecified atom stereocenters. The number of thiol groups is 1. The van der Waals surface area contributed by atoms with Crippen molar-refractivity contribution in [3.63, 3.8) is 0 Å². The van der Waals surface area contributed by atoms with Crippen LogP contribution in [0.1, 0.15) is 15.9 Å². The van der Waals surface area contributed by atoms with Gasteiger partial charge in [-0.05, 0) is 11.1 Å². The lowest BCUT2D eigenvalue weighted by atomic mass is 9.71. The zero-order valence-corrected chi connectivity index (χ0v) is 10.2. The molecule has 2 aliphatic carbocycles. The second kappa shape index (κ2) is 3.74. The minimum atomic E-state index is -0.103. The lowest BCUT2D eigenvalue weighted by Crippen LogP contribution is -2.29. The molecule has 0 spiro atoms. The Labute approximate surface area is 106 Å². The van der Waals surface area contributed by atoms with Gasteiger partial charge in [0.05, 0.1) is 5.92 Å². The molecule has 84 valence electrons. The van der Waals surface area contributed by atoms with Crippen LogP contribution in [0.15, 0.2) is 54.0 Å². The molecule has 2 heteroatoms. The van der Waals surface area contributed by atoms with Gasteiger partial charge in [0.25, 0.3) is 0 Å². The monoisotopic (exact) mass is 240 g/mol. The molecule has 3 rings (SSSR count). The van der Waals surface area contributed by atoms with Crippen molar-refractivity contribution in [1.82, 2.24) is 0 Å². The van der Waals surface area contributed by atoms with E-state index in [0.29, 0.717) is 0 Å². The molecule has 0 radical (unpaired) electrons. The molecule has 0 amide bonds. The van der Waals surface area contributed by atoms with E-state index >= 15 is 0 Å². The van der Waals surface area contributed by atoms with E-state index in [1.807, 2.05) is 42.5 Å². The maximum absolute atomic E-state index is 12.4. The zero-order chi connectivity index (χ0) is 12.0. The van der Waals surface area contributed by atoms with Crippen molar-refractivity contribution >= 4 is 24.0 Å². The first-order chi connectivity index (χ1) is 8.18. The molecule has 0 saturated carbocycles. The molecule has 17 heavy (non-hydrogen) atoms. The number of benzene rings is 1. The van der Waals surface area contributed by atoms with Gasteiger partial charge in [-0.3, -0.25) is 4.79 Å². The summed E-state index contributed by atoms with van der Waals surface area (Å²) < 4.78 is 0. The lowest BCUT2D eigenvalue weighted by molar-refractivity contribution is 0.0927. The summed E-state index contributed by atoms with van der Waals surface area (Å²) in [5.74, 6) is 0.148. The van der Waals surface area contributed by atoms with Crippen molar-refractivity contribution in [3.05, 3.63) is 65.1 Å². The van der Waals surface area contributed by atoms with Crippen molar-refractivity contribution in [1.29, 1.82) is 0 Å². The second-order valence-electron chi connectivity index (χ2n) is 4.44. The van der Waals surface area contributed by atoms with Gasteiger partial charge in [-0.25, -0.2) is 0 Å². The van der Waals surface area contributed by atoms with E-state index in [1.54, 1.807) is 0 Å². The van der Waals surface area contributed by atoms with E-state index in [9.17, 15) is 4.79 Å². The van der Waals surface area contributed by atoms with E-state index in [0.717, 1.165) is 21.6 Å². The van der Waals surface area contributed by atoms with Gasteiger partial charge in [0.1, 0.15) is 0 Å². The quantitative estimate of drug-likeness (QED) is 0.687. The summed E-state index contributed by atoms with van der Waals surface area (Å²) in [4.78, 5) is 13.3. The van der Waals surface area contributed by atoms with Crippen molar-refractivity contribution in [2.24, 2.45) is 11.8 Å². The Morgan fingerprint density at radius 1 is 1.12 bits per heavy atom. The summed E-state index contributed by atoms with van der Waals surface area (Å²) in [6, 6.07) is 7.70. The van der Waals surface area contributed by atoms with Crippen LogP contribution in [0.2, 0.25) is 0 Å². The van der Waals surface area contributed by atoms with Crippen LogP contribution in [0.25, 0.3) is 5.57 Å². The number of allylic oxidation sites excluding steroid dienone is 4. The summed E-state index contributed by atoms with van der Waals surface area (Å²) in [6.07, 6.45) is 5.85. The Morgan fingerprint density at radius 3 is 2.59 bits per heavy atom. The first kappa shape index (κ1) is 10.6. The number of ketones is 1. The molecule has 0 bridgehead atoms. The third kappa shape index (κ3) is 1.52. The summed E-state index contributed by atoms with van der Waals surface area (Å²) in [6.45, 7) is 4.14. The van der Waals surface area contributed by atoms with Gasteiger partial charge < -0.3 is 0 Å². The number of hydrogen-bond acceptors (Lipinski definition) is 2. The first-order valence-corrected chi connectivity index (χ1v) is 6.04. The minimum Gasteiger partial charge on any atom is -0.293 e. The average molecular weight is 240 g/mol. The molecule has 1 aromatic rings. The maximum Gasteiger partial charge on any atom is 0.171 e. The highest BCUT2D eigenvalue weighted by atomic mass is 32.1. The topological polar surface area (TPSA) is 17.1 Å². The summed E-state index contributed by atoms with van der Waals surface area (Å²) in [5.41, 5.74) is 2.78. The van der Waals surface area contributed by atoms with Gasteiger partial charge in [-0.2, -0.15) is 0 Å². The van der Waals surface area contributed by atoms with Gasteiger partial charge in [0.2, 0.25) is 0 Å². The number of carbonyl (C=O) groups is 1. The molecule has 0 aromatic heterocycles. The Balaban J connectivity index is 2.19. The summed E-state index contributed by atoms with van der Waals surface area (Å²) >= 11 is 4.34. The average Bonchev–Trinajstić information content (AvgIpc) is 2.36. The summed E-state index contributed by atoms with van der Waals surface area (Å²) in [5, 5.41) is 0. The standard InChI is InChI=1S/C15H12OS/c1-9-11-4-2-3-5-12(11)15(16)13-7-6-10(17)8-14(9)13/h2-8,13-14,17H,1H2. The third-order valence-corrected chi connectivity index (χ3v) is 3.75. The van der Waals surface area contributed by atoms with E-state index in [4.69, 9.17) is 0 Å². The van der Waals surface area contributed by atoms with Gasteiger partial charge in [0.15, 0.2) is 5.78 Å². The lowest BCUT2D eigenvalue weighted by Gasteiger charge is -2.32. The normalized spacial score (nSPS) is 26.3. The fourth-order valence-corrected chi connectivity index (χ4v) is 2.82. The molecule has 2 atom stereocenters. The van der Waals surface area contributed by atoms with Gasteiger partial charge in [0, 0.05) is 16.4 Å². The molecule has 0 heterocycles. The van der Waals surface area contributed by atoms with Crippen molar-refractivity contribution in [2.75, 3.05) is 0 Å². The number of carbonyl (C=O) groups excluding carboxylic acids is 1. The van der Waals surface area contributed by atoms with Crippen LogP contribution in [-0.4, -0.2) is 5.78 Å². The maximum atomic E-state index is 12.4. The third-order valence-electron chi connectivity index (χ3n) is 3.46. The van der Waals surface area contributed by atoms with Gasteiger partial charge in [-0.15, -0.1) is 12.6 Å². The number of hydrogen-bond donors (Lipinski definition) is 1.